The Morgan fingerprint density at radius 3 is 2.31 bits per heavy atom. The van der Waals surface area contributed by atoms with Crippen LogP contribution in [0.15, 0.2) is 24.3 Å². The molecule has 6 nitrogen and oxygen atoms in total. The van der Waals surface area contributed by atoms with Gasteiger partial charge in [-0.3, -0.25) is 4.79 Å². The number of ether oxygens (including phenoxy) is 1. The molecule has 1 saturated heterocycles. The van der Waals surface area contributed by atoms with Crippen molar-refractivity contribution in [3.63, 3.8) is 0 Å². The van der Waals surface area contributed by atoms with Gasteiger partial charge in [-0.25, -0.2) is 4.79 Å². The molecule has 26 heavy (non-hydrogen) atoms. The molecule has 1 aromatic carbocycles. The van der Waals surface area contributed by atoms with E-state index in [1.807, 2.05) is 45.0 Å². The van der Waals surface area contributed by atoms with Gasteiger partial charge in [-0.2, -0.15) is 0 Å². The highest BCUT2D eigenvalue weighted by Gasteiger charge is 2.29. The first-order valence-electron chi connectivity index (χ1n) is 9.18. The van der Waals surface area contributed by atoms with E-state index in [2.05, 4.69) is 5.32 Å². The molecule has 6 heteroatoms. The van der Waals surface area contributed by atoms with E-state index in [-0.39, 0.29) is 17.9 Å². The number of benzene rings is 1. The molecule has 2 amide bonds. The van der Waals surface area contributed by atoms with E-state index in [0.717, 1.165) is 11.1 Å². The molecule has 1 heterocycles. The summed E-state index contributed by atoms with van der Waals surface area (Å²) in [5.41, 5.74) is 1.35. The van der Waals surface area contributed by atoms with Crippen LogP contribution in [0.5, 0.6) is 0 Å². The van der Waals surface area contributed by atoms with Gasteiger partial charge in [0.25, 0.3) is 0 Å². The van der Waals surface area contributed by atoms with Gasteiger partial charge < -0.3 is 20.1 Å². The van der Waals surface area contributed by atoms with E-state index in [1.54, 1.807) is 11.8 Å². The minimum atomic E-state index is -0.505. The van der Waals surface area contributed by atoms with Crippen LogP contribution < -0.4 is 5.32 Å². The molecule has 1 atom stereocenters. The highest BCUT2D eigenvalue weighted by atomic mass is 16.6. The summed E-state index contributed by atoms with van der Waals surface area (Å²) in [7, 11) is 0. The quantitative estimate of drug-likeness (QED) is 0.863. The van der Waals surface area contributed by atoms with Crippen LogP contribution in [0.1, 0.15) is 57.8 Å². The molecule has 1 aromatic rings. The molecule has 1 aliphatic heterocycles. The Morgan fingerprint density at radius 2 is 1.81 bits per heavy atom. The Labute approximate surface area is 155 Å². The number of aliphatic hydroxyl groups excluding tert-OH is 1. The fourth-order valence-corrected chi connectivity index (χ4v) is 2.90. The molecule has 0 aliphatic carbocycles. The van der Waals surface area contributed by atoms with Crippen LogP contribution in [0, 0.1) is 5.92 Å². The number of hydrogen-bond donors (Lipinski definition) is 2. The number of rotatable bonds is 4. The SMILES string of the molecule is CC(O)c1ccc(CNC(=O)C2CCN(C(=O)OC(C)(C)C)CC2)cc1. The summed E-state index contributed by atoms with van der Waals surface area (Å²) in [5.74, 6) is -0.0566. The molecule has 1 fully saturated rings. The molecule has 0 spiro atoms. The molecule has 0 bridgehead atoms. The second-order valence-corrected chi connectivity index (χ2v) is 7.88. The highest BCUT2D eigenvalue weighted by Crippen LogP contribution is 2.20. The number of likely N-dealkylation sites (tertiary alicyclic amines) is 1. The van der Waals surface area contributed by atoms with E-state index in [0.29, 0.717) is 32.5 Å². The molecular weight excluding hydrogens is 332 g/mol. The summed E-state index contributed by atoms with van der Waals surface area (Å²) in [6.45, 7) is 8.80. The third-order valence-corrected chi connectivity index (χ3v) is 4.45. The predicted octanol–water partition coefficient (Wildman–Crippen LogP) is 3.00. The lowest BCUT2D eigenvalue weighted by Gasteiger charge is -2.32. The number of nitrogens with zero attached hydrogens (tertiary/aromatic N) is 1. The van der Waals surface area contributed by atoms with Gasteiger partial charge in [-0.1, -0.05) is 24.3 Å². The molecule has 144 valence electrons. The van der Waals surface area contributed by atoms with Gasteiger partial charge in [0.2, 0.25) is 5.91 Å². The Balaban J connectivity index is 1.77. The van der Waals surface area contributed by atoms with Crippen molar-refractivity contribution in [3.8, 4) is 0 Å². The van der Waals surface area contributed by atoms with Gasteiger partial charge in [0.05, 0.1) is 6.10 Å². The average Bonchev–Trinajstić information content (AvgIpc) is 2.58. The molecule has 0 saturated carbocycles. The first-order chi connectivity index (χ1) is 12.2. The Hall–Kier alpha value is -2.08. The summed E-state index contributed by atoms with van der Waals surface area (Å²) in [6.07, 6.45) is 0.487. The zero-order valence-electron chi connectivity index (χ0n) is 16.1. The van der Waals surface area contributed by atoms with Gasteiger partial charge in [0.1, 0.15) is 5.60 Å². The number of nitrogens with one attached hydrogen (secondary N) is 1. The zero-order chi connectivity index (χ0) is 19.3. The van der Waals surface area contributed by atoms with Crippen molar-refractivity contribution in [3.05, 3.63) is 35.4 Å². The van der Waals surface area contributed by atoms with Crippen LogP contribution in [0.4, 0.5) is 4.79 Å². The first-order valence-corrected chi connectivity index (χ1v) is 9.18. The largest absolute Gasteiger partial charge is 0.444 e. The third kappa shape index (κ3) is 6.02. The van der Waals surface area contributed by atoms with Gasteiger partial charge in [-0.15, -0.1) is 0 Å². The lowest BCUT2D eigenvalue weighted by molar-refractivity contribution is -0.126. The number of aliphatic hydroxyl groups is 1. The number of carbonyl (C=O) groups is 2. The maximum absolute atomic E-state index is 12.4. The van der Waals surface area contributed by atoms with Crippen LogP contribution >= 0.6 is 0 Å². The van der Waals surface area contributed by atoms with Gasteiger partial charge >= 0.3 is 6.09 Å². The van der Waals surface area contributed by atoms with Crippen molar-refractivity contribution in [2.45, 2.75) is 58.8 Å². The smallest absolute Gasteiger partial charge is 0.410 e. The van der Waals surface area contributed by atoms with Crippen molar-refractivity contribution in [2.24, 2.45) is 5.92 Å². The summed E-state index contributed by atoms with van der Waals surface area (Å²) in [4.78, 5) is 26.1. The Bertz CT molecular complexity index is 612. The summed E-state index contributed by atoms with van der Waals surface area (Å²) >= 11 is 0. The fourth-order valence-electron chi connectivity index (χ4n) is 2.90. The molecule has 0 radical (unpaired) electrons. The first kappa shape index (κ1) is 20.2. The topological polar surface area (TPSA) is 78.9 Å². The monoisotopic (exact) mass is 362 g/mol. The third-order valence-electron chi connectivity index (χ3n) is 4.45. The minimum absolute atomic E-state index is 0.0217. The standard InChI is InChI=1S/C20H30N2O4/c1-14(23)16-7-5-15(6-8-16)13-21-18(24)17-9-11-22(12-10-17)19(25)26-20(2,3)4/h5-8,14,17,23H,9-13H2,1-4H3,(H,21,24). The molecule has 0 aromatic heterocycles. The average molecular weight is 362 g/mol. The normalized spacial score (nSPS) is 16.9. The number of hydrogen-bond acceptors (Lipinski definition) is 4. The van der Waals surface area contributed by atoms with Gasteiger partial charge in [0, 0.05) is 25.6 Å². The number of carbonyl (C=O) groups excluding carboxylic acids is 2. The summed E-state index contributed by atoms with van der Waals surface area (Å²) in [5, 5.41) is 12.5. The van der Waals surface area contributed by atoms with Crippen LogP contribution in [0.25, 0.3) is 0 Å². The minimum Gasteiger partial charge on any atom is -0.444 e. The predicted molar refractivity (Wildman–Crippen MR) is 99.5 cm³/mol. The Kier molecular flexibility index (Phi) is 6.64. The zero-order valence-corrected chi connectivity index (χ0v) is 16.1. The van der Waals surface area contributed by atoms with Crippen molar-refractivity contribution < 1.29 is 19.4 Å². The van der Waals surface area contributed by atoms with Gasteiger partial charge in [-0.05, 0) is 51.7 Å². The Morgan fingerprint density at radius 1 is 1.23 bits per heavy atom. The van der Waals surface area contributed by atoms with E-state index in [1.165, 1.54) is 0 Å². The van der Waals surface area contributed by atoms with Gasteiger partial charge in [0.15, 0.2) is 0 Å². The molecule has 2 N–H and O–H groups in total. The van der Waals surface area contributed by atoms with E-state index in [9.17, 15) is 14.7 Å². The fraction of sp³-hybridized carbons (Fsp3) is 0.600. The van der Waals surface area contributed by atoms with Crippen LogP contribution in [-0.2, 0) is 16.1 Å². The number of amides is 2. The summed E-state index contributed by atoms with van der Waals surface area (Å²) in [6, 6.07) is 7.55. The lowest BCUT2D eigenvalue weighted by Crippen LogP contribution is -2.44. The summed E-state index contributed by atoms with van der Waals surface area (Å²) < 4.78 is 5.37. The van der Waals surface area contributed by atoms with Crippen LogP contribution in [0.2, 0.25) is 0 Å². The maximum atomic E-state index is 12.4. The second kappa shape index (κ2) is 8.54. The maximum Gasteiger partial charge on any atom is 0.410 e. The van der Waals surface area contributed by atoms with Crippen LogP contribution in [-0.4, -0.2) is 40.7 Å². The lowest BCUT2D eigenvalue weighted by atomic mass is 9.96. The molecular formula is C20H30N2O4. The van der Waals surface area contributed by atoms with Crippen molar-refractivity contribution in [1.82, 2.24) is 10.2 Å². The van der Waals surface area contributed by atoms with Crippen molar-refractivity contribution in [1.29, 1.82) is 0 Å². The molecule has 1 unspecified atom stereocenters. The van der Waals surface area contributed by atoms with E-state index < -0.39 is 11.7 Å². The second-order valence-electron chi connectivity index (χ2n) is 7.88. The van der Waals surface area contributed by atoms with Crippen LogP contribution in [0.3, 0.4) is 0 Å². The van der Waals surface area contributed by atoms with E-state index >= 15 is 0 Å². The van der Waals surface area contributed by atoms with Crippen molar-refractivity contribution >= 4 is 12.0 Å². The highest BCUT2D eigenvalue weighted by molar-refractivity contribution is 5.79. The number of piperidine rings is 1. The molecule has 1 aliphatic rings. The van der Waals surface area contributed by atoms with E-state index in [4.69, 9.17) is 4.74 Å². The molecule has 2 rings (SSSR count). The van der Waals surface area contributed by atoms with Crippen molar-refractivity contribution in [2.75, 3.05) is 13.1 Å².